The van der Waals surface area contributed by atoms with Gasteiger partial charge in [0.2, 0.25) is 5.91 Å². The molecule has 178 valence electrons. The summed E-state index contributed by atoms with van der Waals surface area (Å²) in [5, 5.41) is 14.3. The number of aliphatic hydroxyl groups is 1. The Morgan fingerprint density at radius 1 is 1.14 bits per heavy atom. The van der Waals surface area contributed by atoms with Gasteiger partial charge in [-0.25, -0.2) is 0 Å². The lowest BCUT2D eigenvalue weighted by Crippen LogP contribution is -2.29. The number of aliphatic hydroxyl groups excluding tert-OH is 1. The van der Waals surface area contributed by atoms with E-state index in [0.717, 1.165) is 5.56 Å². The third-order valence-electron chi connectivity index (χ3n) is 5.56. The number of carbonyl (C=O) groups excluding carboxylic acids is 3. The molecule has 0 radical (unpaired) electrons. The molecule has 4 rings (SSSR count). The van der Waals surface area contributed by atoms with Crippen molar-refractivity contribution in [2.45, 2.75) is 19.9 Å². The maximum atomic E-state index is 13.4. The van der Waals surface area contributed by atoms with E-state index in [4.69, 9.17) is 16.3 Å². The molecule has 1 atom stereocenters. The van der Waals surface area contributed by atoms with Crippen LogP contribution in [0.3, 0.4) is 0 Å². The molecule has 3 aromatic rings. The molecular formula is C26H22ClN3O5. The Bertz CT molecular complexity index is 1370. The summed E-state index contributed by atoms with van der Waals surface area (Å²) in [6, 6.07) is 12.2. The summed E-state index contributed by atoms with van der Waals surface area (Å²) in [4.78, 5) is 43.5. The third kappa shape index (κ3) is 4.48. The van der Waals surface area contributed by atoms with Crippen LogP contribution in [0.2, 0.25) is 5.02 Å². The van der Waals surface area contributed by atoms with Crippen molar-refractivity contribution in [3.63, 3.8) is 0 Å². The fraction of sp³-hybridized carbons (Fsp3) is 0.154. The van der Waals surface area contributed by atoms with Crippen molar-refractivity contribution >= 4 is 46.3 Å². The van der Waals surface area contributed by atoms with Crippen molar-refractivity contribution in [1.82, 2.24) is 4.98 Å². The van der Waals surface area contributed by atoms with E-state index in [1.165, 1.54) is 31.3 Å². The van der Waals surface area contributed by atoms with E-state index < -0.39 is 23.5 Å². The molecule has 1 aliphatic heterocycles. The molecule has 9 heteroatoms. The summed E-state index contributed by atoms with van der Waals surface area (Å²) in [6.07, 6.45) is 3.07. The van der Waals surface area contributed by atoms with Gasteiger partial charge in [0.15, 0.2) is 0 Å². The zero-order valence-electron chi connectivity index (χ0n) is 19.2. The highest BCUT2D eigenvalue weighted by atomic mass is 35.5. The fourth-order valence-electron chi connectivity index (χ4n) is 4.15. The molecule has 1 aromatic heterocycles. The number of aromatic nitrogens is 1. The number of pyridine rings is 1. The molecule has 0 bridgehead atoms. The Balaban J connectivity index is 1.97. The second-order valence-electron chi connectivity index (χ2n) is 8.01. The van der Waals surface area contributed by atoms with Crippen LogP contribution in [0.25, 0.3) is 5.76 Å². The molecule has 2 aromatic carbocycles. The Morgan fingerprint density at radius 3 is 2.51 bits per heavy atom. The monoisotopic (exact) mass is 491 g/mol. The summed E-state index contributed by atoms with van der Waals surface area (Å²) in [6.45, 7) is 3.16. The van der Waals surface area contributed by atoms with Gasteiger partial charge >= 0.3 is 0 Å². The molecule has 2 N–H and O–H groups in total. The second kappa shape index (κ2) is 9.60. The smallest absolute Gasteiger partial charge is 0.300 e. The van der Waals surface area contributed by atoms with Gasteiger partial charge in [-0.2, -0.15) is 0 Å². The van der Waals surface area contributed by atoms with Crippen LogP contribution in [0.1, 0.15) is 29.7 Å². The van der Waals surface area contributed by atoms with Crippen LogP contribution in [0.15, 0.2) is 66.5 Å². The van der Waals surface area contributed by atoms with Crippen molar-refractivity contribution < 1.29 is 24.2 Å². The van der Waals surface area contributed by atoms with E-state index in [-0.39, 0.29) is 27.8 Å². The van der Waals surface area contributed by atoms with Gasteiger partial charge in [0, 0.05) is 30.7 Å². The molecule has 35 heavy (non-hydrogen) atoms. The van der Waals surface area contributed by atoms with Crippen LogP contribution in [0, 0.1) is 6.92 Å². The molecule has 1 unspecified atom stereocenters. The highest BCUT2D eigenvalue weighted by molar-refractivity contribution is 6.51. The molecule has 1 aliphatic rings. The van der Waals surface area contributed by atoms with Crippen molar-refractivity contribution in [1.29, 1.82) is 0 Å². The number of hydrogen-bond donors (Lipinski definition) is 2. The molecule has 1 saturated heterocycles. The standard InChI is InChI=1S/C26H22ClN3O5/c1-14-11-19(25(35-3)20(27)12-14)23(32)21-22(16-7-9-28-10-8-16)30(26(34)24(21)33)18-6-4-5-17(13-18)29-15(2)31/h4-13,22,32H,1-3H3,(H,29,31)/b23-21+. The normalized spacial score (nSPS) is 16.9. The van der Waals surface area contributed by atoms with Gasteiger partial charge in [0.25, 0.3) is 11.7 Å². The lowest BCUT2D eigenvalue weighted by Gasteiger charge is -2.26. The average Bonchev–Trinajstić information content (AvgIpc) is 3.09. The van der Waals surface area contributed by atoms with Crippen molar-refractivity contribution in [2.75, 3.05) is 17.3 Å². The topological polar surface area (TPSA) is 109 Å². The van der Waals surface area contributed by atoms with Crippen LogP contribution >= 0.6 is 11.6 Å². The zero-order chi connectivity index (χ0) is 25.3. The number of nitrogens with zero attached hydrogens (tertiary/aromatic N) is 2. The van der Waals surface area contributed by atoms with Crippen LogP contribution in [0.5, 0.6) is 5.75 Å². The van der Waals surface area contributed by atoms with Crippen LogP contribution in [-0.4, -0.2) is 34.8 Å². The maximum absolute atomic E-state index is 13.4. The van der Waals surface area contributed by atoms with E-state index in [0.29, 0.717) is 16.9 Å². The van der Waals surface area contributed by atoms with Crippen LogP contribution in [-0.2, 0) is 14.4 Å². The van der Waals surface area contributed by atoms with E-state index >= 15 is 0 Å². The minimum absolute atomic E-state index is 0.119. The highest BCUT2D eigenvalue weighted by Gasteiger charge is 2.47. The largest absolute Gasteiger partial charge is 0.507 e. The molecule has 1 fully saturated rings. The number of carbonyl (C=O) groups is 3. The van der Waals surface area contributed by atoms with E-state index in [1.54, 1.807) is 55.5 Å². The van der Waals surface area contributed by atoms with Crippen LogP contribution < -0.4 is 15.0 Å². The Hall–Kier alpha value is -4.17. The molecular weight excluding hydrogens is 470 g/mol. The number of anilines is 2. The molecule has 0 saturated carbocycles. The van der Waals surface area contributed by atoms with Gasteiger partial charge in [-0.15, -0.1) is 0 Å². The number of ether oxygens (including phenoxy) is 1. The first kappa shape index (κ1) is 24.0. The van der Waals surface area contributed by atoms with Crippen molar-refractivity contribution in [2.24, 2.45) is 0 Å². The summed E-state index contributed by atoms with van der Waals surface area (Å²) in [5.74, 6) is -2.20. The lowest BCUT2D eigenvalue weighted by atomic mass is 9.95. The minimum Gasteiger partial charge on any atom is -0.507 e. The lowest BCUT2D eigenvalue weighted by molar-refractivity contribution is -0.132. The summed E-state index contributed by atoms with van der Waals surface area (Å²) in [7, 11) is 1.40. The first-order valence-corrected chi connectivity index (χ1v) is 11.0. The number of hydrogen-bond acceptors (Lipinski definition) is 6. The SMILES string of the molecule is COc1c(Cl)cc(C)cc1/C(O)=C1\C(=O)C(=O)N(c2cccc(NC(C)=O)c2)C1c1ccncc1. The zero-order valence-corrected chi connectivity index (χ0v) is 20.0. The van der Waals surface area contributed by atoms with Gasteiger partial charge in [-0.1, -0.05) is 17.7 Å². The van der Waals surface area contributed by atoms with E-state index in [1.807, 2.05) is 0 Å². The maximum Gasteiger partial charge on any atom is 0.300 e. The number of aryl methyl sites for hydroxylation is 1. The number of halogens is 1. The van der Waals surface area contributed by atoms with Crippen molar-refractivity contribution in [3.05, 3.63) is 88.2 Å². The summed E-state index contributed by atoms with van der Waals surface area (Å²) >= 11 is 6.32. The minimum atomic E-state index is -0.963. The molecule has 2 heterocycles. The van der Waals surface area contributed by atoms with Crippen molar-refractivity contribution in [3.8, 4) is 5.75 Å². The third-order valence-corrected chi connectivity index (χ3v) is 5.84. The van der Waals surface area contributed by atoms with Gasteiger partial charge in [-0.3, -0.25) is 24.3 Å². The van der Waals surface area contributed by atoms with Gasteiger partial charge < -0.3 is 15.2 Å². The average molecular weight is 492 g/mol. The predicted octanol–water partition coefficient (Wildman–Crippen LogP) is 4.64. The number of methoxy groups -OCH3 is 1. The van der Waals surface area contributed by atoms with Gasteiger partial charge in [-0.05, 0) is 60.5 Å². The Morgan fingerprint density at radius 2 is 1.86 bits per heavy atom. The predicted molar refractivity (Wildman–Crippen MR) is 133 cm³/mol. The van der Waals surface area contributed by atoms with Crippen LogP contribution in [0.4, 0.5) is 11.4 Å². The quantitative estimate of drug-likeness (QED) is 0.306. The second-order valence-corrected chi connectivity index (χ2v) is 8.42. The molecule has 2 amide bonds. The summed E-state index contributed by atoms with van der Waals surface area (Å²) < 4.78 is 5.39. The number of amides is 2. The first-order valence-electron chi connectivity index (χ1n) is 10.7. The molecule has 0 spiro atoms. The van der Waals surface area contributed by atoms with Gasteiger partial charge in [0.05, 0.1) is 29.3 Å². The van der Waals surface area contributed by atoms with Gasteiger partial charge in [0.1, 0.15) is 11.5 Å². The number of Topliss-reactive ketones (excluding diaryl/α,β-unsaturated/α-hetero) is 1. The Labute approximate surface area is 206 Å². The van der Waals surface area contributed by atoms with E-state index in [2.05, 4.69) is 10.3 Å². The molecule has 0 aliphatic carbocycles. The number of rotatable bonds is 5. The summed E-state index contributed by atoms with van der Waals surface area (Å²) in [5.41, 5.74) is 2.19. The Kier molecular flexibility index (Phi) is 6.57. The number of benzene rings is 2. The highest BCUT2D eigenvalue weighted by Crippen LogP contribution is 2.44. The molecule has 8 nitrogen and oxygen atoms in total. The first-order chi connectivity index (χ1) is 16.7. The van der Waals surface area contributed by atoms with E-state index in [9.17, 15) is 19.5 Å². The number of ketones is 1. The fourth-order valence-corrected chi connectivity index (χ4v) is 4.51. The number of nitrogens with one attached hydrogen (secondary N) is 1.